The van der Waals surface area contributed by atoms with Gasteiger partial charge in [0.15, 0.2) is 0 Å². The summed E-state index contributed by atoms with van der Waals surface area (Å²) in [5, 5.41) is 15.6. The van der Waals surface area contributed by atoms with Crippen LogP contribution in [0.5, 0.6) is 11.5 Å². The summed E-state index contributed by atoms with van der Waals surface area (Å²) >= 11 is 0. The summed E-state index contributed by atoms with van der Waals surface area (Å²) in [5.41, 5.74) is 4.93. The van der Waals surface area contributed by atoms with Crippen LogP contribution < -0.4 is 20.1 Å². The molecule has 9 heteroatoms. The molecule has 5 rings (SSSR count). The van der Waals surface area contributed by atoms with E-state index in [0.29, 0.717) is 41.5 Å². The Morgan fingerprint density at radius 2 is 1.63 bits per heavy atom. The van der Waals surface area contributed by atoms with Gasteiger partial charge in [-0.05, 0) is 73.1 Å². The average molecular weight is 623 g/mol. The fourth-order valence-corrected chi connectivity index (χ4v) is 5.60. The van der Waals surface area contributed by atoms with Crippen LogP contribution in [0.1, 0.15) is 29.8 Å². The summed E-state index contributed by atoms with van der Waals surface area (Å²) in [5.74, 6) is 0.859. The highest BCUT2D eigenvalue weighted by atomic mass is 16.5. The van der Waals surface area contributed by atoms with Crippen molar-refractivity contribution in [3.8, 4) is 22.6 Å². The molecule has 3 amide bonds. The highest BCUT2D eigenvalue weighted by Gasteiger charge is 2.33. The number of hydrogen-bond donors (Lipinski definition) is 3. The Balaban J connectivity index is 1.31. The van der Waals surface area contributed by atoms with Gasteiger partial charge in [0.1, 0.15) is 17.6 Å². The maximum absolute atomic E-state index is 13.8. The van der Waals surface area contributed by atoms with Crippen molar-refractivity contribution < 1.29 is 24.2 Å². The van der Waals surface area contributed by atoms with Gasteiger partial charge in [-0.25, -0.2) is 4.79 Å². The van der Waals surface area contributed by atoms with Gasteiger partial charge in [-0.3, -0.25) is 9.69 Å². The fraction of sp³-hybridized carbons (Fsp3) is 0.297. The van der Waals surface area contributed by atoms with Crippen LogP contribution in [-0.2, 0) is 6.54 Å². The monoisotopic (exact) mass is 622 g/mol. The maximum atomic E-state index is 13.8. The Kier molecular flexibility index (Phi) is 10.6. The van der Waals surface area contributed by atoms with Gasteiger partial charge in [-0.1, -0.05) is 61.5 Å². The van der Waals surface area contributed by atoms with Gasteiger partial charge in [0.2, 0.25) is 0 Å². The number of ether oxygens (including phenoxy) is 2. The van der Waals surface area contributed by atoms with Crippen molar-refractivity contribution in [3.05, 3.63) is 108 Å². The lowest BCUT2D eigenvalue weighted by Gasteiger charge is -2.38. The Hall–Kier alpha value is -4.86. The Morgan fingerprint density at radius 3 is 2.30 bits per heavy atom. The third-order valence-electron chi connectivity index (χ3n) is 8.28. The van der Waals surface area contributed by atoms with Crippen molar-refractivity contribution in [2.75, 3.05) is 44.5 Å². The van der Waals surface area contributed by atoms with Crippen LogP contribution in [0.25, 0.3) is 11.1 Å². The number of methoxy groups -OCH3 is 1. The molecule has 0 fully saturated rings. The average Bonchev–Trinajstić information content (AvgIpc) is 3.07. The van der Waals surface area contributed by atoms with E-state index < -0.39 is 12.1 Å². The van der Waals surface area contributed by atoms with Crippen LogP contribution in [0.4, 0.5) is 16.2 Å². The largest absolute Gasteiger partial charge is 0.497 e. The molecule has 0 unspecified atom stereocenters. The molecule has 0 saturated heterocycles. The number of aliphatic hydroxyl groups excluding tert-OH is 1. The fourth-order valence-electron chi connectivity index (χ4n) is 5.60. The highest BCUT2D eigenvalue weighted by Crippen LogP contribution is 2.31. The van der Waals surface area contributed by atoms with Gasteiger partial charge < -0.3 is 30.1 Å². The zero-order chi connectivity index (χ0) is 32.6. The number of nitrogens with zero attached hydrogens (tertiary/aromatic N) is 2. The minimum absolute atomic E-state index is 0.0120. The summed E-state index contributed by atoms with van der Waals surface area (Å²) in [7, 11) is 3.64. The smallest absolute Gasteiger partial charge is 0.323 e. The molecule has 0 aromatic heterocycles. The summed E-state index contributed by atoms with van der Waals surface area (Å²) in [6.07, 6.45) is -0.231. The molecule has 4 aromatic rings. The topological polar surface area (TPSA) is 103 Å². The first-order chi connectivity index (χ1) is 22.2. The summed E-state index contributed by atoms with van der Waals surface area (Å²) < 4.78 is 11.7. The molecule has 0 aliphatic carbocycles. The van der Waals surface area contributed by atoms with E-state index in [1.54, 1.807) is 54.5 Å². The molecule has 0 saturated carbocycles. The number of rotatable bonds is 10. The van der Waals surface area contributed by atoms with E-state index in [1.807, 2.05) is 25.1 Å². The molecule has 240 valence electrons. The molecule has 46 heavy (non-hydrogen) atoms. The van der Waals surface area contributed by atoms with E-state index >= 15 is 0 Å². The van der Waals surface area contributed by atoms with Gasteiger partial charge in [-0.15, -0.1) is 0 Å². The molecular weight excluding hydrogens is 580 g/mol. The van der Waals surface area contributed by atoms with Crippen molar-refractivity contribution >= 4 is 23.3 Å². The molecule has 1 aliphatic rings. The van der Waals surface area contributed by atoms with Crippen molar-refractivity contribution in [1.29, 1.82) is 0 Å². The first-order valence-electron chi connectivity index (χ1n) is 15.5. The molecular formula is C37H42N4O5. The first-order valence-corrected chi connectivity index (χ1v) is 15.5. The minimum Gasteiger partial charge on any atom is -0.497 e. The van der Waals surface area contributed by atoms with Gasteiger partial charge >= 0.3 is 6.03 Å². The molecule has 3 N–H and O–H groups in total. The summed E-state index contributed by atoms with van der Waals surface area (Å²) in [4.78, 5) is 30.5. The number of benzene rings is 4. The van der Waals surface area contributed by atoms with E-state index in [9.17, 15) is 14.7 Å². The number of aliphatic hydroxyl groups is 1. The number of carbonyl (C=O) groups is 2. The van der Waals surface area contributed by atoms with Crippen LogP contribution in [0.2, 0.25) is 0 Å². The van der Waals surface area contributed by atoms with Gasteiger partial charge in [0.25, 0.3) is 5.91 Å². The maximum Gasteiger partial charge on any atom is 0.323 e. The molecule has 0 spiro atoms. The highest BCUT2D eigenvalue weighted by molar-refractivity contribution is 6.02. The molecule has 0 radical (unpaired) electrons. The molecule has 9 nitrogen and oxygen atoms in total. The SMILES string of the molecule is COc1ccc(NC(=O)Nc2ccc3c(c2)C(=O)N([C@H](C)CO)C[C@H](C)[C@@H](CN(C)Cc2ccc(-c4ccccc4)cc2)O3)cc1. The second-order valence-corrected chi connectivity index (χ2v) is 11.9. The van der Waals surface area contributed by atoms with E-state index in [0.717, 1.165) is 6.54 Å². The number of hydrogen-bond acceptors (Lipinski definition) is 6. The Labute approximate surface area is 270 Å². The van der Waals surface area contributed by atoms with Gasteiger partial charge in [0, 0.05) is 36.9 Å². The molecule has 1 aliphatic heterocycles. The van der Waals surface area contributed by atoms with Crippen molar-refractivity contribution in [2.24, 2.45) is 5.92 Å². The number of urea groups is 1. The quantitative estimate of drug-likeness (QED) is 0.190. The normalized spacial score (nSPS) is 16.9. The Morgan fingerprint density at radius 1 is 0.978 bits per heavy atom. The summed E-state index contributed by atoms with van der Waals surface area (Å²) in [6.45, 7) is 5.51. The van der Waals surface area contributed by atoms with Gasteiger partial charge in [-0.2, -0.15) is 0 Å². The predicted octanol–water partition coefficient (Wildman–Crippen LogP) is 6.36. The third kappa shape index (κ3) is 8.04. The zero-order valence-electron chi connectivity index (χ0n) is 26.8. The van der Waals surface area contributed by atoms with Crippen molar-refractivity contribution in [1.82, 2.24) is 9.80 Å². The molecule has 3 atom stereocenters. The van der Waals surface area contributed by atoms with E-state index in [1.165, 1.54) is 16.7 Å². The second-order valence-electron chi connectivity index (χ2n) is 11.9. The number of fused-ring (bicyclic) bond motifs is 1. The van der Waals surface area contributed by atoms with Gasteiger partial charge in [0.05, 0.1) is 25.3 Å². The number of likely N-dealkylation sites (N-methyl/N-ethyl adjacent to an activating group) is 1. The number of amides is 3. The lowest BCUT2D eigenvalue weighted by atomic mass is 9.99. The predicted molar refractivity (Wildman–Crippen MR) is 181 cm³/mol. The third-order valence-corrected chi connectivity index (χ3v) is 8.28. The summed E-state index contributed by atoms with van der Waals surface area (Å²) in [6, 6.07) is 30.1. The van der Waals surface area contributed by atoms with E-state index in [-0.39, 0.29) is 24.5 Å². The number of nitrogens with one attached hydrogen (secondary N) is 2. The lowest BCUT2D eigenvalue weighted by molar-refractivity contribution is 0.0341. The zero-order valence-corrected chi connectivity index (χ0v) is 26.8. The van der Waals surface area contributed by atoms with Crippen LogP contribution in [0.3, 0.4) is 0 Å². The molecule has 0 bridgehead atoms. The van der Waals surface area contributed by atoms with Crippen LogP contribution >= 0.6 is 0 Å². The lowest BCUT2D eigenvalue weighted by Crippen LogP contribution is -2.49. The first kappa shape index (κ1) is 32.5. The van der Waals surface area contributed by atoms with E-state index in [4.69, 9.17) is 9.47 Å². The van der Waals surface area contributed by atoms with Crippen molar-refractivity contribution in [2.45, 2.75) is 32.5 Å². The molecule has 4 aromatic carbocycles. The van der Waals surface area contributed by atoms with Crippen LogP contribution in [0, 0.1) is 5.92 Å². The van der Waals surface area contributed by atoms with Crippen LogP contribution in [-0.4, -0.2) is 72.8 Å². The number of anilines is 2. The Bertz CT molecular complexity index is 1610. The van der Waals surface area contributed by atoms with Crippen LogP contribution in [0.15, 0.2) is 97.1 Å². The molecule has 1 heterocycles. The van der Waals surface area contributed by atoms with E-state index in [2.05, 4.69) is 65.9 Å². The minimum atomic E-state index is -0.449. The van der Waals surface area contributed by atoms with Crippen molar-refractivity contribution in [3.63, 3.8) is 0 Å². The second kappa shape index (κ2) is 14.9. The number of carbonyl (C=O) groups excluding carboxylic acids is 2. The standard InChI is InChI=1S/C37H42N4O5/c1-25-21-41(26(2)24-42)36(43)33-20-31(39-37(44)38-30-14-17-32(45-4)18-15-30)16-19-34(33)46-35(25)23-40(3)22-27-10-12-29(13-11-27)28-8-6-5-7-9-28/h5-20,25-26,35,42H,21-24H2,1-4H3,(H2,38,39,44)/t25-,26+,35+/m0/s1.